The number of nitrogens with one attached hydrogen (secondary N) is 1. The van der Waals surface area contributed by atoms with Crippen molar-refractivity contribution in [2.75, 3.05) is 31.6 Å². The Hall–Kier alpha value is -2.59. The molecular weight excluding hydrogens is 348 g/mol. The van der Waals surface area contributed by atoms with Gasteiger partial charge in [-0.3, -0.25) is 4.79 Å². The first-order valence-electron chi connectivity index (χ1n) is 10.2. The highest BCUT2D eigenvalue weighted by atomic mass is 16.5. The van der Waals surface area contributed by atoms with E-state index in [2.05, 4.69) is 54.7 Å². The van der Waals surface area contributed by atoms with E-state index in [9.17, 15) is 4.79 Å². The first-order valence-corrected chi connectivity index (χ1v) is 10.2. The van der Waals surface area contributed by atoms with Gasteiger partial charge >= 0.3 is 0 Å². The molecule has 1 saturated heterocycles. The number of anilines is 1. The fraction of sp³-hybridized carbons (Fsp3) is 0.375. The number of carbonyl (C=O) groups excluding carboxylic acids is 1. The lowest BCUT2D eigenvalue weighted by Gasteiger charge is -2.39. The summed E-state index contributed by atoms with van der Waals surface area (Å²) in [6.07, 6.45) is 5.69. The SMILES string of the molecule is Cc1cccc(C2Nc3c(C(=O)N4CCOCC4)cccc3C3C=CCC32)c1. The van der Waals surface area contributed by atoms with Crippen molar-refractivity contribution in [3.8, 4) is 0 Å². The van der Waals surface area contributed by atoms with Gasteiger partial charge in [-0.25, -0.2) is 0 Å². The van der Waals surface area contributed by atoms with E-state index < -0.39 is 0 Å². The fourth-order valence-electron chi connectivity index (χ4n) is 4.93. The number of allylic oxidation sites excluding steroid dienone is 2. The van der Waals surface area contributed by atoms with Crippen LogP contribution in [0.5, 0.6) is 0 Å². The Morgan fingerprint density at radius 2 is 1.96 bits per heavy atom. The fourth-order valence-corrected chi connectivity index (χ4v) is 4.93. The van der Waals surface area contributed by atoms with Crippen molar-refractivity contribution in [1.29, 1.82) is 0 Å². The average Bonchev–Trinajstić information content (AvgIpc) is 3.23. The lowest BCUT2D eigenvalue weighted by molar-refractivity contribution is 0.0303. The molecule has 0 saturated carbocycles. The first kappa shape index (κ1) is 17.5. The number of carbonyl (C=O) groups is 1. The quantitative estimate of drug-likeness (QED) is 0.797. The third kappa shape index (κ3) is 2.92. The van der Waals surface area contributed by atoms with Crippen LogP contribution in [-0.2, 0) is 4.74 Å². The van der Waals surface area contributed by atoms with E-state index in [4.69, 9.17) is 4.74 Å². The molecule has 2 heterocycles. The largest absolute Gasteiger partial charge is 0.378 e. The molecule has 2 aromatic rings. The van der Waals surface area contributed by atoms with Crippen molar-refractivity contribution in [1.82, 2.24) is 4.90 Å². The summed E-state index contributed by atoms with van der Waals surface area (Å²) in [6, 6.07) is 15.1. The number of hydrogen-bond donors (Lipinski definition) is 1. The minimum Gasteiger partial charge on any atom is -0.378 e. The molecule has 3 unspecified atom stereocenters. The molecule has 4 heteroatoms. The van der Waals surface area contributed by atoms with Gasteiger partial charge in [0.2, 0.25) is 0 Å². The molecule has 144 valence electrons. The number of amides is 1. The molecule has 3 atom stereocenters. The van der Waals surface area contributed by atoms with E-state index >= 15 is 0 Å². The second-order valence-corrected chi connectivity index (χ2v) is 8.06. The minimum atomic E-state index is 0.107. The van der Waals surface area contributed by atoms with Crippen molar-refractivity contribution < 1.29 is 9.53 Å². The number of nitrogens with zero attached hydrogens (tertiary/aromatic N) is 1. The summed E-state index contributed by atoms with van der Waals surface area (Å²) in [5, 5.41) is 3.78. The van der Waals surface area contributed by atoms with Crippen LogP contribution in [-0.4, -0.2) is 37.1 Å². The van der Waals surface area contributed by atoms with Gasteiger partial charge in [0.25, 0.3) is 5.91 Å². The molecule has 5 rings (SSSR count). The Kier molecular flexibility index (Phi) is 4.44. The molecular formula is C24H26N2O2. The Labute approximate surface area is 166 Å². The van der Waals surface area contributed by atoms with E-state index in [1.165, 1.54) is 16.7 Å². The predicted octanol–water partition coefficient (Wildman–Crippen LogP) is 4.29. The molecule has 3 aliphatic rings. The number of fused-ring (bicyclic) bond motifs is 3. The van der Waals surface area contributed by atoms with Crippen molar-refractivity contribution in [3.63, 3.8) is 0 Å². The van der Waals surface area contributed by atoms with Crippen molar-refractivity contribution in [2.24, 2.45) is 5.92 Å². The van der Waals surface area contributed by atoms with Gasteiger partial charge in [0, 0.05) is 19.0 Å². The van der Waals surface area contributed by atoms with Crippen LogP contribution in [0.3, 0.4) is 0 Å². The second kappa shape index (κ2) is 7.10. The summed E-state index contributed by atoms with van der Waals surface area (Å²) in [6.45, 7) is 4.70. The van der Waals surface area contributed by atoms with Crippen LogP contribution in [0.1, 0.15) is 45.4 Å². The van der Waals surface area contributed by atoms with Crippen LogP contribution in [0.15, 0.2) is 54.6 Å². The molecule has 1 N–H and O–H groups in total. The van der Waals surface area contributed by atoms with Gasteiger partial charge in [0.05, 0.1) is 30.5 Å². The van der Waals surface area contributed by atoms with Crippen molar-refractivity contribution in [3.05, 3.63) is 76.9 Å². The monoisotopic (exact) mass is 374 g/mol. The van der Waals surface area contributed by atoms with Gasteiger partial charge in [-0.05, 0) is 36.5 Å². The lowest BCUT2D eigenvalue weighted by Crippen LogP contribution is -2.41. The molecule has 0 bridgehead atoms. The summed E-state index contributed by atoms with van der Waals surface area (Å²) in [4.78, 5) is 15.2. The zero-order valence-corrected chi connectivity index (χ0v) is 16.2. The number of benzene rings is 2. The first-order chi connectivity index (χ1) is 13.7. The second-order valence-electron chi connectivity index (χ2n) is 8.06. The number of aryl methyl sites for hydroxylation is 1. The van der Waals surface area contributed by atoms with Crippen LogP contribution in [0.2, 0.25) is 0 Å². The molecule has 1 amide bonds. The molecule has 4 nitrogen and oxygen atoms in total. The average molecular weight is 374 g/mol. The van der Waals surface area contributed by atoms with E-state index in [1.807, 2.05) is 17.0 Å². The molecule has 28 heavy (non-hydrogen) atoms. The summed E-state index contributed by atoms with van der Waals surface area (Å²) in [5.41, 5.74) is 5.62. The van der Waals surface area contributed by atoms with E-state index in [1.54, 1.807) is 0 Å². The van der Waals surface area contributed by atoms with Crippen LogP contribution in [0.25, 0.3) is 0 Å². The third-order valence-corrected chi connectivity index (χ3v) is 6.33. The van der Waals surface area contributed by atoms with E-state index in [0.717, 1.165) is 17.7 Å². The number of hydrogen-bond acceptors (Lipinski definition) is 3. The maximum absolute atomic E-state index is 13.3. The standard InChI is InChI=1S/C24H26N2O2/c1-16-5-2-6-17(15-16)22-19-8-3-7-18(19)20-9-4-10-21(23(20)25-22)24(27)26-11-13-28-14-12-26/h2-7,9-10,15,18-19,22,25H,8,11-14H2,1H3. The number of para-hydroxylation sites is 1. The zero-order valence-electron chi connectivity index (χ0n) is 16.2. The Morgan fingerprint density at radius 3 is 2.79 bits per heavy atom. The highest BCUT2D eigenvalue weighted by Gasteiger charge is 2.39. The van der Waals surface area contributed by atoms with E-state index in [0.29, 0.717) is 38.1 Å². The van der Waals surface area contributed by atoms with Gasteiger partial charge in [-0.2, -0.15) is 0 Å². The predicted molar refractivity (Wildman–Crippen MR) is 111 cm³/mol. The minimum absolute atomic E-state index is 0.107. The maximum atomic E-state index is 13.3. The molecule has 1 fully saturated rings. The normalized spacial score (nSPS) is 25.8. The highest BCUT2D eigenvalue weighted by molar-refractivity contribution is 6.01. The van der Waals surface area contributed by atoms with Crippen molar-refractivity contribution in [2.45, 2.75) is 25.3 Å². The summed E-state index contributed by atoms with van der Waals surface area (Å²) in [7, 11) is 0. The highest BCUT2D eigenvalue weighted by Crippen LogP contribution is 2.50. The summed E-state index contributed by atoms with van der Waals surface area (Å²) in [5.74, 6) is 0.957. The zero-order chi connectivity index (χ0) is 19.1. The van der Waals surface area contributed by atoms with Gasteiger partial charge in [-0.1, -0.05) is 54.1 Å². The number of ether oxygens (including phenoxy) is 1. The van der Waals surface area contributed by atoms with Crippen LogP contribution in [0.4, 0.5) is 5.69 Å². The maximum Gasteiger partial charge on any atom is 0.256 e. The molecule has 2 aliphatic heterocycles. The Balaban J connectivity index is 1.56. The summed E-state index contributed by atoms with van der Waals surface area (Å²) < 4.78 is 5.42. The Morgan fingerprint density at radius 1 is 1.14 bits per heavy atom. The molecule has 2 aromatic carbocycles. The lowest BCUT2D eigenvalue weighted by atomic mass is 9.76. The Bertz CT molecular complexity index is 930. The van der Waals surface area contributed by atoms with Crippen LogP contribution in [0, 0.1) is 12.8 Å². The molecule has 0 radical (unpaired) electrons. The molecule has 1 aliphatic carbocycles. The number of morpholine rings is 1. The van der Waals surface area contributed by atoms with E-state index in [-0.39, 0.29) is 11.9 Å². The topological polar surface area (TPSA) is 41.6 Å². The van der Waals surface area contributed by atoms with Gasteiger partial charge in [0.1, 0.15) is 0 Å². The van der Waals surface area contributed by atoms with Gasteiger partial charge in [0.15, 0.2) is 0 Å². The number of rotatable bonds is 2. The molecule has 0 spiro atoms. The smallest absolute Gasteiger partial charge is 0.256 e. The van der Waals surface area contributed by atoms with Gasteiger partial charge < -0.3 is 15.0 Å². The van der Waals surface area contributed by atoms with Crippen molar-refractivity contribution >= 4 is 11.6 Å². The van der Waals surface area contributed by atoms with Crippen LogP contribution >= 0.6 is 0 Å². The van der Waals surface area contributed by atoms with Crippen LogP contribution < -0.4 is 5.32 Å². The summed E-state index contributed by atoms with van der Waals surface area (Å²) >= 11 is 0. The molecule has 0 aromatic heterocycles. The van der Waals surface area contributed by atoms with Gasteiger partial charge in [-0.15, -0.1) is 0 Å². The third-order valence-electron chi connectivity index (χ3n) is 6.33.